The van der Waals surface area contributed by atoms with Crippen molar-refractivity contribution in [1.82, 2.24) is 15.1 Å². The highest BCUT2D eigenvalue weighted by atomic mass is 127. The number of piperazine rings is 1. The molecule has 162 valence electrons. The lowest BCUT2D eigenvalue weighted by Gasteiger charge is -2.39. The van der Waals surface area contributed by atoms with Gasteiger partial charge in [-0.1, -0.05) is 0 Å². The molecule has 10 heteroatoms. The van der Waals surface area contributed by atoms with Crippen molar-refractivity contribution in [3.8, 4) is 5.75 Å². The first-order valence-electron chi connectivity index (χ1n) is 9.34. The van der Waals surface area contributed by atoms with Gasteiger partial charge in [-0.2, -0.15) is 0 Å². The van der Waals surface area contributed by atoms with E-state index < -0.39 is 17.2 Å². The number of nitrogens with zero attached hydrogens (tertiary/aromatic N) is 3. The van der Waals surface area contributed by atoms with E-state index in [1.165, 1.54) is 6.07 Å². The van der Waals surface area contributed by atoms with Gasteiger partial charge in [0.15, 0.2) is 17.6 Å². The highest BCUT2D eigenvalue weighted by molar-refractivity contribution is 14.0. The maximum atomic E-state index is 13.2. The van der Waals surface area contributed by atoms with Gasteiger partial charge in [0.2, 0.25) is 0 Å². The molecule has 7 nitrogen and oxygen atoms in total. The average molecular weight is 524 g/mol. The van der Waals surface area contributed by atoms with E-state index >= 15 is 0 Å². The Morgan fingerprint density at radius 2 is 2.03 bits per heavy atom. The third-order valence-electron chi connectivity index (χ3n) is 4.40. The van der Waals surface area contributed by atoms with Gasteiger partial charge in [-0.25, -0.2) is 13.6 Å². The van der Waals surface area contributed by atoms with Gasteiger partial charge in [0.25, 0.3) is 0 Å². The molecule has 1 aromatic carbocycles. The number of fused-ring (bicyclic) bond motifs is 1. The van der Waals surface area contributed by atoms with E-state index in [0.717, 1.165) is 18.1 Å². The zero-order valence-electron chi connectivity index (χ0n) is 16.8. The normalized spacial score (nSPS) is 18.5. The number of rotatable bonds is 4. The highest BCUT2D eigenvalue weighted by Gasteiger charge is 2.36. The van der Waals surface area contributed by atoms with Gasteiger partial charge in [0.1, 0.15) is 18.0 Å². The van der Waals surface area contributed by atoms with Crippen LogP contribution in [0.3, 0.4) is 0 Å². The van der Waals surface area contributed by atoms with Gasteiger partial charge in [0.05, 0.1) is 19.1 Å². The lowest BCUT2D eigenvalue weighted by molar-refractivity contribution is 0.0137. The van der Waals surface area contributed by atoms with Gasteiger partial charge in [-0.3, -0.25) is 4.99 Å². The SMILES string of the molecule is CC(C)(C)OC(=O)N1CCN2C(NCCOc3ccc(F)c(F)c3)=NCC2C1.I. The number of carbonyl (C=O) groups excluding carboxylic acids is 1. The summed E-state index contributed by atoms with van der Waals surface area (Å²) < 4.78 is 36.9. The Morgan fingerprint density at radius 1 is 1.28 bits per heavy atom. The third kappa shape index (κ3) is 6.31. The number of carbonyl (C=O) groups is 1. The van der Waals surface area contributed by atoms with E-state index in [0.29, 0.717) is 32.7 Å². The van der Waals surface area contributed by atoms with Crippen LogP contribution in [0.15, 0.2) is 23.2 Å². The molecule has 1 atom stereocenters. The molecule has 2 aliphatic heterocycles. The summed E-state index contributed by atoms with van der Waals surface area (Å²) in [6.07, 6.45) is -0.298. The number of benzene rings is 1. The molecule has 3 rings (SSSR count). The number of hydrogen-bond acceptors (Lipinski definition) is 6. The molecular weight excluding hydrogens is 497 g/mol. The van der Waals surface area contributed by atoms with Gasteiger partial charge in [-0.05, 0) is 32.9 Å². The summed E-state index contributed by atoms with van der Waals surface area (Å²) in [6.45, 7) is 8.71. The van der Waals surface area contributed by atoms with Gasteiger partial charge in [-0.15, -0.1) is 24.0 Å². The molecule has 0 bridgehead atoms. The minimum Gasteiger partial charge on any atom is -0.492 e. The molecule has 1 saturated heterocycles. The Hall–Kier alpha value is -1.85. The van der Waals surface area contributed by atoms with Crippen molar-refractivity contribution in [3.63, 3.8) is 0 Å². The standard InChI is InChI=1S/C19H26F2N4O3.HI/c1-19(2,3)28-18(26)24-7-8-25-13(12-24)11-23-17(25)22-6-9-27-14-4-5-15(20)16(21)10-14;/h4-5,10,13H,6-9,11-12H2,1-3H3,(H,22,23);1H. The van der Waals surface area contributed by atoms with Crippen LogP contribution >= 0.6 is 24.0 Å². The van der Waals surface area contributed by atoms with Crippen LogP contribution < -0.4 is 10.1 Å². The van der Waals surface area contributed by atoms with Crippen molar-refractivity contribution in [2.75, 3.05) is 39.3 Å². The number of nitrogens with one attached hydrogen (secondary N) is 1. The smallest absolute Gasteiger partial charge is 0.410 e. The first-order chi connectivity index (χ1) is 13.2. The fourth-order valence-electron chi connectivity index (χ4n) is 3.12. The second-order valence-electron chi connectivity index (χ2n) is 7.79. The van der Waals surface area contributed by atoms with Gasteiger partial charge in [0, 0.05) is 25.7 Å². The van der Waals surface area contributed by atoms with E-state index in [4.69, 9.17) is 9.47 Å². The van der Waals surface area contributed by atoms with Crippen LogP contribution in [0.1, 0.15) is 20.8 Å². The number of guanidine groups is 1. The minimum absolute atomic E-state index is 0. The lowest BCUT2D eigenvalue weighted by Crippen LogP contribution is -2.57. The predicted molar refractivity (Wildman–Crippen MR) is 116 cm³/mol. The van der Waals surface area contributed by atoms with Crippen molar-refractivity contribution < 1.29 is 23.0 Å². The topological polar surface area (TPSA) is 66.4 Å². The summed E-state index contributed by atoms with van der Waals surface area (Å²) in [5.41, 5.74) is -0.513. The van der Waals surface area contributed by atoms with Crippen LogP contribution in [-0.2, 0) is 4.74 Å². The van der Waals surface area contributed by atoms with Crippen molar-refractivity contribution in [2.45, 2.75) is 32.4 Å². The van der Waals surface area contributed by atoms with Gasteiger partial charge >= 0.3 is 6.09 Å². The summed E-state index contributed by atoms with van der Waals surface area (Å²) in [6, 6.07) is 3.57. The molecule has 1 amide bonds. The lowest BCUT2D eigenvalue weighted by atomic mass is 10.2. The number of amides is 1. The Kier molecular flexibility index (Phi) is 7.89. The van der Waals surface area contributed by atoms with E-state index in [1.54, 1.807) is 4.90 Å². The molecule has 2 heterocycles. The largest absolute Gasteiger partial charge is 0.492 e. The monoisotopic (exact) mass is 524 g/mol. The van der Waals surface area contributed by atoms with Crippen molar-refractivity contribution in [2.24, 2.45) is 4.99 Å². The molecule has 1 N–H and O–H groups in total. The van der Waals surface area contributed by atoms with Crippen LogP contribution in [0.2, 0.25) is 0 Å². The van der Waals surface area contributed by atoms with Crippen LogP contribution in [0.5, 0.6) is 5.75 Å². The molecule has 0 aliphatic carbocycles. The quantitative estimate of drug-likeness (QED) is 0.485. The van der Waals surface area contributed by atoms with E-state index in [9.17, 15) is 13.6 Å². The molecule has 29 heavy (non-hydrogen) atoms. The fraction of sp³-hybridized carbons (Fsp3) is 0.579. The van der Waals surface area contributed by atoms with Crippen molar-refractivity contribution in [1.29, 1.82) is 0 Å². The number of aliphatic imine (C=N–C) groups is 1. The van der Waals surface area contributed by atoms with Crippen LogP contribution in [-0.4, -0.2) is 72.8 Å². The Labute approximate surface area is 186 Å². The first-order valence-corrected chi connectivity index (χ1v) is 9.34. The minimum atomic E-state index is -0.934. The van der Waals surface area contributed by atoms with Crippen molar-refractivity contribution in [3.05, 3.63) is 29.8 Å². The zero-order chi connectivity index (χ0) is 20.3. The number of halogens is 3. The molecule has 0 saturated carbocycles. The van der Waals surface area contributed by atoms with Gasteiger partial charge < -0.3 is 24.6 Å². The number of ether oxygens (including phenoxy) is 2. The molecule has 1 fully saturated rings. The van der Waals surface area contributed by atoms with Crippen LogP contribution in [0, 0.1) is 11.6 Å². The Bertz CT molecular complexity index is 757. The third-order valence-corrected chi connectivity index (χ3v) is 4.40. The summed E-state index contributed by atoms with van der Waals surface area (Å²) in [5.74, 6) is -0.792. The second kappa shape index (κ2) is 9.77. The maximum absolute atomic E-state index is 13.2. The molecular formula is C19H27F2IN4O3. The summed E-state index contributed by atoms with van der Waals surface area (Å²) in [4.78, 5) is 20.6. The zero-order valence-corrected chi connectivity index (χ0v) is 19.1. The van der Waals surface area contributed by atoms with Crippen LogP contribution in [0.4, 0.5) is 13.6 Å². The molecule has 0 spiro atoms. The summed E-state index contributed by atoms with van der Waals surface area (Å²) >= 11 is 0. The highest BCUT2D eigenvalue weighted by Crippen LogP contribution is 2.19. The predicted octanol–water partition coefficient (Wildman–Crippen LogP) is 2.84. The van der Waals surface area contributed by atoms with E-state index in [2.05, 4.69) is 15.2 Å². The summed E-state index contributed by atoms with van der Waals surface area (Å²) in [7, 11) is 0. The fourth-order valence-corrected chi connectivity index (χ4v) is 3.12. The molecule has 2 aliphatic rings. The van der Waals surface area contributed by atoms with E-state index in [-0.39, 0.29) is 48.5 Å². The van der Waals surface area contributed by atoms with Crippen molar-refractivity contribution >= 4 is 36.0 Å². The summed E-state index contributed by atoms with van der Waals surface area (Å²) in [5, 5.41) is 3.21. The molecule has 1 unspecified atom stereocenters. The first kappa shape index (κ1) is 23.4. The Balaban J connectivity index is 0.00000300. The molecule has 1 aromatic rings. The second-order valence-corrected chi connectivity index (χ2v) is 7.79. The Morgan fingerprint density at radius 3 is 2.72 bits per heavy atom. The molecule has 0 radical (unpaired) electrons. The average Bonchev–Trinajstić information content (AvgIpc) is 3.02. The number of hydrogen-bond donors (Lipinski definition) is 1. The van der Waals surface area contributed by atoms with Crippen LogP contribution in [0.25, 0.3) is 0 Å². The van der Waals surface area contributed by atoms with E-state index in [1.807, 2.05) is 20.8 Å². The molecule has 0 aromatic heterocycles. The maximum Gasteiger partial charge on any atom is 0.410 e.